The number of unbranched alkanes of at least 4 members (excludes halogenated alkanes) is 14. The molecule has 1 aliphatic heterocycles. The molecule has 6 N–H and O–H groups in total. The average molecular weight is 854 g/mol. The topological polar surface area (TPSA) is 149 Å². The number of ether oxygens (including phenoxy) is 2. The minimum atomic E-state index is -1.58. The molecule has 0 saturated carbocycles. The minimum Gasteiger partial charge on any atom is -0.394 e. The molecule has 1 fully saturated rings. The van der Waals surface area contributed by atoms with Crippen molar-refractivity contribution in [1.29, 1.82) is 0 Å². The normalized spacial score (nSPS) is 21.3. The van der Waals surface area contributed by atoms with Crippen molar-refractivity contribution < 1.29 is 39.8 Å². The summed E-state index contributed by atoms with van der Waals surface area (Å²) < 4.78 is 11.2. The van der Waals surface area contributed by atoms with Crippen molar-refractivity contribution in [3.63, 3.8) is 0 Å². The number of carbonyl (C=O) groups excluding carboxylic acids is 1. The smallest absolute Gasteiger partial charge is 0.220 e. The summed E-state index contributed by atoms with van der Waals surface area (Å²) in [4.78, 5) is 13.0. The van der Waals surface area contributed by atoms with E-state index in [-0.39, 0.29) is 12.5 Å². The molecular formula is C52H87NO8. The lowest BCUT2D eigenvalue weighted by atomic mass is 9.99. The number of rotatable bonds is 38. The van der Waals surface area contributed by atoms with Crippen LogP contribution in [0, 0.1) is 0 Å². The highest BCUT2D eigenvalue weighted by atomic mass is 16.7. The number of hydrogen-bond acceptors (Lipinski definition) is 8. The van der Waals surface area contributed by atoms with Crippen LogP contribution in [0.5, 0.6) is 0 Å². The zero-order chi connectivity index (χ0) is 44.4. The first-order valence-electron chi connectivity index (χ1n) is 24.0. The first-order chi connectivity index (χ1) is 29.8. The molecule has 1 amide bonds. The number of aliphatic hydroxyl groups excluding tert-OH is 5. The Bertz CT molecular complexity index is 1270. The van der Waals surface area contributed by atoms with Crippen molar-refractivity contribution in [3.05, 3.63) is 97.2 Å². The molecule has 1 aliphatic rings. The molecule has 1 heterocycles. The Labute approximate surface area is 371 Å². The van der Waals surface area contributed by atoms with Crippen molar-refractivity contribution >= 4 is 5.91 Å². The highest BCUT2D eigenvalue weighted by Gasteiger charge is 2.44. The largest absolute Gasteiger partial charge is 0.394 e. The van der Waals surface area contributed by atoms with Gasteiger partial charge in [-0.2, -0.15) is 0 Å². The van der Waals surface area contributed by atoms with Crippen LogP contribution in [-0.2, 0) is 14.3 Å². The molecule has 0 aromatic heterocycles. The van der Waals surface area contributed by atoms with Crippen LogP contribution in [0.15, 0.2) is 97.2 Å². The number of hydrogen-bond donors (Lipinski definition) is 6. The summed E-state index contributed by atoms with van der Waals surface area (Å²) in [5.74, 6) is -0.204. The van der Waals surface area contributed by atoms with Gasteiger partial charge >= 0.3 is 0 Å². The molecule has 7 atom stereocenters. The molecule has 0 spiro atoms. The minimum absolute atomic E-state index is 0.204. The number of amides is 1. The second-order valence-corrected chi connectivity index (χ2v) is 16.1. The van der Waals surface area contributed by atoms with Crippen LogP contribution in [-0.4, -0.2) is 87.5 Å². The Morgan fingerprint density at radius 1 is 0.574 bits per heavy atom. The van der Waals surface area contributed by atoms with Gasteiger partial charge in [0.05, 0.1) is 25.4 Å². The van der Waals surface area contributed by atoms with E-state index in [1.807, 2.05) is 6.08 Å². The van der Waals surface area contributed by atoms with E-state index in [1.165, 1.54) is 51.4 Å². The van der Waals surface area contributed by atoms with Crippen LogP contribution in [0.4, 0.5) is 0 Å². The summed E-state index contributed by atoms with van der Waals surface area (Å²) in [6, 6.07) is -0.836. The van der Waals surface area contributed by atoms with Gasteiger partial charge in [0, 0.05) is 6.42 Å². The van der Waals surface area contributed by atoms with Crippen molar-refractivity contribution in [2.24, 2.45) is 0 Å². The van der Waals surface area contributed by atoms with Gasteiger partial charge in [0.25, 0.3) is 0 Å². The lowest BCUT2D eigenvalue weighted by Gasteiger charge is -2.40. The second-order valence-electron chi connectivity index (χ2n) is 16.1. The Balaban J connectivity index is 2.31. The summed E-state index contributed by atoms with van der Waals surface area (Å²) in [6.07, 6.45) is 51.6. The monoisotopic (exact) mass is 854 g/mol. The number of allylic oxidation sites excluding steroid dienone is 15. The van der Waals surface area contributed by atoms with Crippen molar-refractivity contribution in [3.8, 4) is 0 Å². The summed E-state index contributed by atoms with van der Waals surface area (Å²) in [6.45, 7) is 3.58. The van der Waals surface area contributed by atoms with E-state index in [4.69, 9.17) is 9.47 Å². The predicted octanol–water partition coefficient (Wildman–Crippen LogP) is 10.5. The fourth-order valence-electron chi connectivity index (χ4n) is 6.80. The third kappa shape index (κ3) is 31.6. The zero-order valence-corrected chi connectivity index (χ0v) is 38.1. The third-order valence-corrected chi connectivity index (χ3v) is 10.6. The first kappa shape index (κ1) is 56.1. The Hall–Kier alpha value is -2.89. The van der Waals surface area contributed by atoms with E-state index in [1.54, 1.807) is 6.08 Å². The van der Waals surface area contributed by atoms with Gasteiger partial charge in [0.2, 0.25) is 5.91 Å². The zero-order valence-electron chi connectivity index (χ0n) is 38.1. The van der Waals surface area contributed by atoms with Crippen LogP contribution in [0.25, 0.3) is 0 Å². The Morgan fingerprint density at radius 3 is 1.57 bits per heavy atom. The molecule has 1 saturated heterocycles. The van der Waals surface area contributed by atoms with E-state index in [0.29, 0.717) is 6.42 Å². The SMILES string of the molecule is CC/C=C\C/C=C\C/C=C\C/C=C\C/C=C\CCCCCCCCCCCC(=O)NC(COC1OC(CO)C(O)C(O)C1O)C(O)/C=C/CC/C=C/CC/C=C/CCCCC. The van der Waals surface area contributed by atoms with Gasteiger partial charge in [0.1, 0.15) is 24.4 Å². The highest BCUT2D eigenvalue weighted by molar-refractivity contribution is 5.76. The van der Waals surface area contributed by atoms with Gasteiger partial charge in [-0.25, -0.2) is 0 Å². The van der Waals surface area contributed by atoms with Gasteiger partial charge in [-0.15, -0.1) is 0 Å². The maximum Gasteiger partial charge on any atom is 0.220 e. The quantitative estimate of drug-likeness (QED) is 0.0266. The third-order valence-electron chi connectivity index (χ3n) is 10.6. The van der Waals surface area contributed by atoms with E-state index in [2.05, 4.69) is 104 Å². The average Bonchev–Trinajstić information content (AvgIpc) is 3.26. The predicted molar refractivity (Wildman–Crippen MR) is 253 cm³/mol. The van der Waals surface area contributed by atoms with Gasteiger partial charge in [0.15, 0.2) is 6.29 Å². The highest BCUT2D eigenvalue weighted by Crippen LogP contribution is 2.22. The van der Waals surface area contributed by atoms with Gasteiger partial charge in [-0.1, -0.05) is 169 Å². The molecule has 0 aliphatic carbocycles. The molecular weight excluding hydrogens is 767 g/mol. The number of nitrogens with one attached hydrogen (secondary N) is 1. The van der Waals surface area contributed by atoms with Crippen LogP contribution in [0.3, 0.4) is 0 Å². The maximum absolute atomic E-state index is 13.0. The van der Waals surface area contributed by atoms with Crippen molar-refractivity contribution in [2.45, 2.75) is 211 Å². The standard InChI is InChI=1S/C52H87NO8/c1-3-5-7-9-11-13-15-17-18-19-20-21-22-23-24-25-26-27-28-30-32-34-36-38-40-42-48(56)53-45(44-60-52-51(59)50(58)49(57)47(43-54)61-52)46(55)41-39-37-35-33-31-29-16-14-12-10-8-6-4-2/h5,7,11-14,17-18,20-21,23-24,31,33,39,41,45-47,49-52,54-55,57-59H,3-4,6,8-10,15-16,19,22,25-30,32,34-38,40,42-44H2,1-2H3,(H,53,56)/b7-5-,13-11-,14-12+,18-17-,21-20-,24-23-,33-31+,41-39+. The lowest BCUT2D eigenvalue weighted by molar-refractivity contribution is -0.302. The molecule has 61 heavy (non-hydrogen) atoms. The van der Waals surface area contributed by atoms with Crippen LogP contribution >= 0.6 is 0 Å². The number of aliphatic hydroxyl groups is 5. The van der Waals surface area contributed by atoms with E-state index < -0.39 is 49.5 Å². The first-order valence-corrected chi connectivity index (χ1v) is 24.0. The summed E-state index contributed by atoms with van der Waals surface area (Å²) in [7, 11) is 0. The number of carbonyl (C=O) groups is 1. The molecule has 7 unspecified atom stereocenters. The Morgan fingerprint density at radius 2 is 1.03 bits per heavy atom. The molecule has 0 aromatic rings. The molecule has 9 heteroatoms. The van der Waals surface area contributed by atoms with Crippen molar-refractivity contribution in [1.82, 2.24) is 5.32 Å². The molecule has 9 nitrogen and oxygen atoms in total. The fraction of sp³-hybridized carbons (Fsp3) is 0.673. The molecule has 0 radical (unpaired) electrons. The summed E-state index contributed by atoms with van der Waals surface area (Å²) >= 11 is 0. The van der Waals surface area contributed by atoms with Crippen LogP contribution in [0.2, 0.25) is 0 Å². The Kier molecular flexibility index (Phi) is 37.9. The van der Waals surface area contributed by atoms with Crippen LogP contribution < -0.4 is 5.32 Å². The maximum atomic E-state index is 13.0. The lowest BCUT2D eigenvalue weighted by Crippen LogP contribution is -2.60. The van der Waals surface area contributed by atoms with Gasteiger partial charge < -0.3 is 40.3 Å². The summed E-state index contributed by atoms with van der Waals surface area (Å²) in [5.41, 5.74) is 0. The molecule has 348 valence electrons. The molecule has 0 aromatic carbocycles. The van der Waals surface area contributed by atoms with E-state index in [0.717, 1.165) is 96.3 Å². The fourth-order valence-corrected chi connectivity index (χ4v) is 6.80. The van der Waals surface area contributed by atoms with Gasteiger partial charge in [-0.3, -0.25) is 4.79 Å². The van der Waals surface area contributed by atoms with Gasteiger partial charge in [-0.05, 0) is 89.9 Å². The van der Waals surface area contributed by atoms with Crippen LogP contribution in [0.1, 0.15) is 168 Å². The molecule has 0 bridgehead atoms. The van der Waals surface area contributed by atoms with Crippen molar-refractivity contribution in [2.75, 3.05) is 13.2 Å². The second kappa shape index (κ2) is 41.1. The molecule has 1 rings (SSSR count). The van der Waals surface area contributed by atoms with E-state index >= 15 is 0 Å². The van der Waals surface area contributed by atoms with E-state index in [9.17, 15) is 30.3 Å². The summed E-state index contributed by atoms with van der Waals surface area (Å²) in [5, 5.41) is 54.2.